The molecule has 0 radical (unpaired) electrons. The third-order valence-corrected chi connectivity index (χ3v) is 3.80. The second kappa shape index (κ2) is 5.40. The van der Waals surface area contributed by atoms with Crippen molar-refractivity contribution in [2.75, 3.05) is 12.0 Å². The first-order valence-electron chi connectivity index (χ1n) is 6.48. The van der Waals surface area contributed by atoms with Crippen molar-refractivity contribution >= 4 is 11.6 Å². The lowest BCUT2D eigenvalue weighted by Gasteiger charge is -2.23. The SMILES string of the molecule is CC1(CNC(=O)c2ccc(NN)cc2)CCCC1. The summed E-state index contributed by atoms with van der Waals surface area (Å²) in [7, 11) is 0. The van der Waals surface area contributed by atoms with E-state index in [2.05, 4.69) is 17.7 Å². The van der Waals surface area contributed by atoms with E-state index in [1.54, 1.807) is 24.3 Å². The molecule has 0 aliphatic heterocycles. The van der Waals surface area contributed by atoms with Gasteiger partial charge in [-0.05, 0) is 42.5 Å². The van der Waals surface area contributed by atoms with Gasteiger partial charge in [0.25, 0.3) is 5.91 Å². The molecule has 1 aromatic carbocycles. The zero-order valence-electron chi connectivity index (χ0n) is 10.8. The molecule has 0 spiro atoms. The molecule has 0 unspecified atom stereocenters. The number of hydrogen-bond acceptors (Lipinski definition) is 3. The fourth-order valence-corrected chi connectivity index (χ4v) is 2.52. The quantitative estimate of drug-likeness (QED) is 0.565. The molecule has 0 atom stereocenters. The first-order valence-corrected chi connectivity index (χ1v) is 6.48. The molecule has 1 aromatic rings. The lowest BCUT2D eigenvalue weighted by atomic mass is 9.89. The van der Waals surface area contributed by atoms with Crippen LogP contribution in [-0.2, 0) is 0 Å². The van der Waals surface area contributed by atoms with Gasteiger partial charge in [-0.15, -0.1) is 0 Å². The van der Waals surface area contributed by atoms with Crippen LogP contribution >= 0.6 is 0 Å². The van der Waals surface area contributed by atoms with Crippen LogP contribution in [0.1, 0.15) is 43.0 Å². The van der Waals surface area contributed by atoms with Crippen LogP contribution < -0.4 is 16.6 Å². The fourth-order valence-electron chi connectivity index (χ4n) is 2.52. The molecular weight excluding hydrogens is 226 g/mol. The van der Waals surface area contributed by atoms with Gasteiger partial charge in [-0.25, -0.2) is 0 Å². The largest absolute Gasteiger partial charge is 0.351 e. The highest BCUT2D eigenvalue weighted by atomic mass is 16.1. The smallest absolute Gasteiger partial charge is 0.251 e. The lowest BCUT2D eigenvalue weighted by molar-refractivity contribution is 0.0934. The van der Waals surface area contributed by atoms with E-state index >= 15 is 0 Å². The summed E-state index contributed by atoms with van der Waals surface area (Å²) in [5.41, 5.74) is 4.31. The van der Waals surface area contributed by atoms with E-state index in [4.69, 9.17) is 5.84 Å². The number of hydrogen-bond donors (Lipinski definition) is 3. The Morgan fingerprint density at radius 3 is 2.44 bits per heavy atom. The molecule has 98 valence electrons. The summed E-state index contributed by atoms with van der Waals surface area (Å²) in [5, 5.41) is 3.03. The number of nitrogens with one attached hydrogen (secondary N) is 2. The summed E-state index contributed by atoms with van der Waals surface area (Å²) in [6.45, 7) is 3.02. The van der Waals surface area contributed by atoms with Gasteiger partial charge in [0.15, 0.2) is 0 Å². The van der Waals surface area contributed by atoms with Gasteiger partial charge >= 0.3 is 0 Å². The molecule has 4 heteroatoms. The van der Waals surface area contributed by atoms with Crippen LogP contribution in [0.5, 0.6) is 0 Å². The van der Waals surface area contributed by atoms with Crippen LogP contribution in [0.3, 0.4) is 0 Å². The fraction of sp³-hybridized carbons (Fsp3) is 0.500. The van der Waals surface area contributed by atoms with Crippen LogP contribution in [0.2, 0.25) is 0 Å². The third-order valence-electron chi connectivity index (χ3n) is 3.80. The molecule has 0 heterocycles. The molecule has 4 nitrogen and oxygen atoms in total. The van der Waals surface area contributed by atoms with Gasteiger partial charge in [0.05, 0.1) is 0 Å². The zero-order chi connectivity index (χ0) is 13.0. The highest BCUT2D eigenvalue weighted by molar-refractivity contribution is 5.94. The summed E-state index contributed by atoms with van der Waals surface area (Å²) in [6, 6.07) is 7.15. The van der Waals surface area contributed by atoms with Gasteiger partial charge in [0, 0.05) is 17.8 Å². The first-order chi connectivity index (χ1) is 8.63. The minimum absolute atomic E-state index is 0.00769. The van der Waals surface area contributed by atoms with Crippen molar-refractivity contribution in [3.05, 3.63) is 29.8 Å². The summed E-state index contributed by atoms with van der Waals surface area (Å²) >= 11 is 0. The number of carbonyl (C=O) groups excluding carboxylic acids is 1. The standard InChI is InChI=1S/C14H21N3O/c1-14(8-2-3-9-14)10-16-13(18)11-4-6-12(17-15)7-5-11/h4-7,17H,2-3,8-10,15H2,1H3,(H,16,18). The number of benzene rings is 1. The highest BCUT2D eigenvalue weighted by Crippen LogP contribution is 2.36. The third kappa shape index (κ3) is 3.01. The number of anilines is 1. The molecule has 1 saturated carbocycles. The van der Waals surface area contributed by atoms with Gasteiger partial charge in [-0.3, -0.25) is 10.6 Å². The average Bonchev–Trinajstić information content (AvgIpc) is 2.83. The maximum absolute atomic E-state index is 12.0. The van der Waals surface area contributed by atoms with E-state index in [0.29, 0.717) is 5.56 Å². The molecule has 1 aliphatic rings. The number of amides is 1. The summed E-state index contributed by atoms with van der Waals surface area (Å²) in [6.07, 6.45) is 4.99. The van der Waals surface area contributed by atoms with Crippen molar-refractivity contribution in [2.24, 2.45) is 11.3 Å². The Bertz CT molecular complexity index is 408. The van der Waals surface area contributed by atoms with Gasteiger partial charge < -0.3 is 10.7 Å². The van der Waals surface area contributed by atoms with Crippen molar-refractivity contribution < 1.29 is 4.79 Å². The maximum atomic E-state index is 12.0. The number of rotatable bonds is 4. The Labute approximate surface area is 108 Å². The van der Waals surface area contributed by atoms with Gasteiger partial charge in [0.1, 0.15) is 0 Å². The van der Waals surface area contributed by atoms with Crippen molar-refractivity contribution in [2.45, 2.75) is 32.6 Å². The molecule has 1 amide bonds. The molecule has 0 saturated heterocycles. The van der Waals surface area contributed by atoms with Crippen LogP contribution in [0, 0.1) is 5.41 Å². The monoisotopic (exact) mass is 247 g/mol. The van der Waals surface area contributed by atoms with Crippen molar-refractivity contribution in [1.29, 1.82) is 0 Å². The van der Waals surface area contributed by atoms with Gasteiger partial charge in [-0.2, -0.15) is 0 Å². The lowest BCUT2D eigenvalue weighted by Crippen LogP contribution is -2.34. The van der Waals surface area contributed by atoms with Crippen LogP contribution in [0.15, 0.2) is 24.3 Å². The Morgan fingerprint density at radius 2 is 1.89 bits per heavy atom. The number of carbonyl (C=O) groups is 1. The Morgan fingerprint density at radius 1 is 1.28 bits per heavy atom. The predicted octanol–water partition coefficient (Wildman–Crippen LogP) is 2.28. The molecule has 0 aromatic heterocycles. The predicted molar refractivity (Wildman–Crippen MR) is 73.2 cm³/mol. The number of nitrogens with two attached hydrogens (primary N) is 1. The summed E-state index contributed by atoms with van der Waals surface area (Å²) in [4.78, 5) is 12.0. The molecule has 1 aliphatic carbocycles. The Kier molecular flexibility index (Phi) is 3.87. The molecule has 2 rings (SSSR count). The van der Waals surface area contributed by atoms with Crippen LogP contribution in [0.4, 0.5) is 5.69 Å². The van der Waals surface area contributed by atoms with E-state index in [1.165, 1.54) is 25.7 Å². The number of nitrogen functional groups attached to an aromatic ring is 1. The van der Waals surface area contributed by atoms with Crippen molar-refractivity contribution in [1.82, 2.24) is 5.32 Å². The second-order valence-electron chi connectivity index (χ2n) is 5.42. The minimum atomic E-state index is -0.00769. The Balaban J connectivity index is 1.90. The molecule has 18 heavy (non-hydrogen) atoms. The zero-order valence-corrected chi connectivity index (χ0v) is 10.8. The summed E-state index contributed by atoms with van der Waals surface area (Å²) in [5.74, 6) is 5.28. The first kappa shape index (κ1) is 12.9. The van der Waals surface area contributed by atoms with Crippen molar-refractivity contribution in [3.63, 3.8) is 0 Å². The van der Waals surface area contributed by atoms with Gasteiger partial charge in [-0.1, -0.05) is 19.8 Å². The van der Waals surface area contributed by atoms with Crippen LogP contribution in [-0.4, -0.2) is 12.5 Å². The van der Waals surface area contributed by atoms with E-state index in [0.717, 1.165) is 12.2 Å². The Hall–Kier alpha value is -1.55. The van der Waals surface area contributed by atoms with Crippen molar-refractivity contribution in [3.8, 4) is 0 Å². The highest BCUT2D eigenvalue weighted by Gasteiger charge is 2.28. The van der Waals surface area contributed by atoms with E-state index in [1.807, 2.05) is 0 Å². The molecule has 0 bridgehead atoms. The second-order valence-corrected chi connectivity index (χ2v) is 5.42. The normalized spacial score (nSPS) is 17.4. The molecular formula is C14H21N3O. The summed E-state index contributed by atoms with van der Waals surface area (Å²) < 4.78 is 0. The topological polar surface area (TPSA) is 67.2 Å². The molecule has 4 N–H and O–H groups in total. The van der Waals surface area contributed by atoms with Gasteiger partial charge in [0.2, 0.25) is 0 Å². The van der Waals surface area contributed by atoms with E-state index in [9.17, 15) is 4.79 Å². The van der Waals surface area contributed by atoms with E-state index < -0.39 is 0 Å². The minimum Gasteiger partial charge on any atom is -0.351 e. The molecule has 1 fully saturated rings. The van der Waals surface area contributed by atoms with Crippen LogP contribution in [0.25, 0.3) is 0 Å². The average molecular weight is 247 g/mol. The number of hydrazine groups is 1. The van der Waals surface area contributed by atoms with E-state index in [-0.39, 0.29) is 11.3 Å². The maximum Gasteiger partial charge on any atom is 0.251 e.